The van der Waals surface area contributed by atoms with Crippen molar-refractivity contribution in [1.82, 2.24) is 14.5 Å². The van der Waals surface area contributed by atoms with Crippen LogP contribution in [-0.2, 0) is 6.54 Å². The summed E-state index contributed by atoms with van der Waals surface area (Å²) in [6.07, 6.45) is 7.00. The predicted molar refractivity (Wildman–Crippen MR) is 82.8 cm³/mol. The Hall–Kier alpha value is -2.21. The van der Waals surface area contributed by atoms with Gasteiger partial charge in [0.1, 0.15) is 18.0 Å². The number of hydrogen-bond acceptors (Lipinski definition) is 3. The van der Waals surface area contributed by atoms with Crippen LogP contribution in [0, 0.1) is 5.82 Å². The fourth-order valence-corrected chi connectivity index (χ4v) is 2.39. The summed E-state index contributed by atoms with van der Waals surface area (Å²) < 4.78 is 15.6. The quantitative estimate of drug-likeness (QED) is 0.781. The van der Waals surface area contributed by atoms with Gasteiger partial charge in [0.25, 0.3) is 0 Å². The van der Waals surface area contributed by atoms with E-state index in [0.29, 0.717) is 6.54 Å². The number of nitrogens with zero attached hydrogens (tertiary/aromatic N) is 3. The average molecular weight is 347 g/mol. The number of anilines is 1. The normalized spacial score (nSPS) is 10.6. The number of hydrogen-bond donors (Lipinski definition) is 1. The lowest BCUT2D eigenvalue weighted by Gasteiger charge is -2.09. The van der Waals surface area contributed by atoms with Crippen LogP contribution >= 0.6 is 15.9 Å². The van der Waals surface area contributed by atoms with Crippen LogP contribution < -0.4 is 5.32 Å². The first-order valence-corrected chi connectivity index (χ1v) is 7.14. The molecule has 0 aliphatic carbocycles. The Morgan fingerprint density at radius 2 is 2.14 bits per heavy atom. The molecule has 0 spiro atoms. The first-order chi connectivity index (χ1) is 10.2. The van der Waals surface area contributed by atoms with E-state index in [1.165, 1.54) is 12.1 Å². The molecule has 0 unspecified atom stereocenters. The minimum atomic E-state index is -0.253. The third kappa shape index (κ3) is 3.28. The second-order valence-electron chi connectivity index (χ2n) is 4.46. The summed E-state index contributed by atoms with van der Waals surface area (Å²) in [5.74, 6) is 0.554. The maximum Gasteiger partial charge on any atom is 0.137 e. The fraction of sp³-hybridized carbons (Fsp3) is 0.0667. The molecule has 3 aromatic rings. The van der Waals surface area contributed by atoms with Gasteiger partial charge in [-0.15, -0.1) is 0 Å². The monoisotopic (exact) mass is 346 g/mol. The highest BCUT2D eigenvalue weighted by atomic mass is 79.9. The molecular formula is C15H12BrFN4. The molecule has 0 amide bonds. The highest BCUT2D eigenvalue weighted by Crippen LogP contribution is 2.19. The van der Waals surface area contributed by atoms with E-state index in [9.17, 15) is 4.39 Å². The van der Waals surface area contributed by atoms with E-state index in [2.05, 4.69) is 31.2 Å². The number of benzene rings is 1. The lowest BCUT2D eigenvalue weighted by molar-refractivity contribution is 0.626. The van der Waals surface area contributed by atoms with Crippen molar-refractivity contribution in [2.75, 3.05) is 5.32 Å². The fourth-order valence-electron chi connectivity index (χ4n) is 1.90. The van der Waals surface area contributed by atoms with E-state index >= 15 is 0 Å². The van der Waals surface area contributed by atoms with Crippen molar-refractivity contribution in [3.8, 4) is 5.82 Å². The minimum Gasteiger partial charge on any atom is -0.380 e. The summed E-state index contributed by atoms with van der Waals surface area (Å²) in [5, 5.41) is 3.25. The largest absolute Gasteiger partial charge is 0.380 e. The van der Waals surface area contributed by atoms with Crippen LogP contribution in [-0.4, -0.2) is 14.5 Å². The summed E-state index contributed by atoms with van der Waals surface area (Å²) in [4.78, 5) is 8.34. The molecule has 0 fully saturated rings. The summed E-state index contributed by atoms with van der Waals surface area (Å²) in [7, 11) is 0. The smallest absolute Gasteiger partial charge is 0.137 e. The van der Waals surface area contributed by atoms with E-state index in [4.69, 9.17) is 0 Å². The van der Waals surface area contributed by atoms with Gasteiger partial charge >= 0.3 is 0 Å². The molecule has 0 atom stereocenters. The summed E-state index contributed by atoms with van der Waals surface area (Å²) >= 11 is 3.35. The minimum absolute atomic E-state index is 0.253. The molecule has 0 aliphatic heterocycles. The molecule has 21 heavy (non-hydrogen) atoms. The van der Waals surface area contributed by atoms with Gasteiger partial charge in [0.05, 0.1) is 11.9 Å². The van der Waals surface area contributed by atoms with Crippen molar-refractivity contribution in [3.05, 3.63) is 71.1 Å². The number of pyridine rings is 1. The van der Waals surface area contributed by atoms with Crippen molar-refractivity contribution in [3.63, 3.8) is 0 Å². The lowest BCUT2D eigenvalue weighted by atomic mass is 10.2. The molecule has 2 heterocycles. The number of halogens is 2. The SMILES string of the molecule is Fc1ccc(CNc2ccc(-n3ccnc3)nc2)c(Br)c1. The molecule has 1 aromatic carbocycles. The Kier molecular flexibility index (Phi) is 3.96. The first-order valence-electron chi connectivity index (χ1n) is 6.34. The summed E-state index contributed by atoms with van der Waals surface area (Å²) in [6.45, 7) is 0.590. The number of imidazole rings is 1. The van der Waals surface area contributed by atoms with E-state index < -0.39 is 0 Å². The van der Waals surface area contributed by atoms with Gasteiger partial charge in [0, 0.05) is 23.4 Å². The first kappa shape index (κ1) is 13.8. The number of aromatic nitrogens is 3. The zero-order valence-corrected chi connectivity index (χ0v) is 12.6. The average Bonchev–Trinajstić information content (AvgIpc) is 3.01. The molecule has 0 saturated heterocycles. The number of rotatable bonds is 4. The lowest BCUT2D eigenvalue weighted by Crippen LogP contribution is -2.02. The van der Waals surface area contributed by atoms with Crippen LogP contribution in [0.15, 0.2) is 59.7 Å². The number of nitrogens with one attached hydrogen (secondary N) is 1. The van der Waals surface area contributed by atoms with Gasteiger partial charge in [-0.2, -0.15) is 0 Å². The van der Waals surface area contributed by atoms with Crippen molar-refractivity contribution >= 4 is 21.6 Å². The van der Waals surface area contributed by atoms with Crippen LogP contribution in [0.4, 0.5) is 10.1 Å². The molecule has 0 saturated carbocycles. The third-order valence-electron chi connectivity index (χ3n) is 3.01. The Morgan fingerprint density at radius 3 is 2.81 bits per heavy atom. The van der Waals surface area contributed by atoms with Gasteiger partial charge in [-0.1, -0.05) is 22.0 Å². The third-order valence-corrected chi connectivity index (χ3v) is 3.75. The summed E-state index contributed by atoms with van der Waals surface area (Å²) in [5.41, 5.74) is 1.88. The maximum atomic E-state index is 13.0. The van der Waals surface area contributed by atoms with Crippen LogP contribution in [0.1, 0.15) is 5.56 Å². The van der Waals surface area contributed by atoms with Crippen LogP contribution in [0.3, 0.4) is 0 Å². The summed E-state index contributed by atoms with van der Waals surface area (Å²) in [6, 6.07) is 8.50. The van der Waals surface area contributed by atoms with Gasteiger partial charge in [-0.05, 0) is 29.8 Å². The van der Waals surface area contributed by atoms with Crippen molar-refractivity contribution in [2.24, 2.45) is 0 Å². The van der Waals surface area contributed by atoms with Gasteiger partial charge in [-0.3, -0.25) is 4.57 Å². The molecule has 0 aliphatic rings. The van der Waals surface area contributed by atoms with Gasteiger partial charge in [0.15, 0.2) is 0 Å². The molecule has 3 rings (SSSR count). The Balaban J connectivity index is 1.68. The zero-order chi connectivity index (χ0) is 14.7. The van der Waals surface area contributed by atoms with E-state index in [1.807, 2.05) is 22.9 Å². The predicted octanol–water partition coefficient (Wildman–Crippen LogP) is 3.78. The molecule has 4 nitrogen and oxygen atoms in total. The van der Waals surface area contributed by atoms with Crippen molar-refractivity contribution in [1.29, 1.82) is 0 Å². The molecule has 106 valence electrons. The molecule has 2 aromatic heterocycles. The molecule has 6 heteroatoms. The maximum absolute atomic E-state index is 13.0. The van der Waals surface area contributed by atoms with Gasteiger partial charge < -0.3 is 5.32 Å². The molecule has 0 radical (unpaired) electrons. The van der Waals surface area contributed by atoms with E-state index in [0.717, 1.165) is 21.5 Å². The molecule has 0 bridgehead atoms. The second-order valence-corrected chi connectivity index (χ2v) is 5.32. The molecule has 1 N–H and O–H groups in total. The Labute approximate surface area is 129 Å². The van der Waals surface area contributed by atoms with Crippen LogP contribution in [0.25, 0.3) is 5.82 Å². The van der Waals surface area contributed by atoms with Gasteiger partial charge in [-0.25, -0.2) is 14.4 Å². The topological polar surface area (TPSA) is 42.7 Å². The Bertz CT molecular complexity index is 726. The second kappa shape index (κ2) is 6.05. The van der Waals surface area contributed by atoms with E-state index in [-0.39, 0.29) is 5.82 Å². The highest BCUT2D eigenvalue weighted by molar-refractivity contribution is 9.10. The van der Waals surface area contributed by atoms with E-state index in [1.54, 1.807) is 24.8 Å². The van der Waals surface area contributed by atoms with Crippen molar-refractivity contribution < 1.29 is 4.39 Å². The van der Waals surface area contributed by atoms with Crippen molar-refractivity contribution in [2.45, 2.75) is 6.54 Å². The Morgan fingerprint density at radius 1 is 1.24 bits per heavy atom. The molecular weight excluding hydrogens is 335 g/mol. The van der Waals surface area contributed by atoms with Gasteiger partial charge in [0.2, 0.25) is 0 Å². The zero-order valence-electron chi connectivity index (χ0n) is 11.0. The highest BCUT2D eigenvalue weighted by Gasteiger charge is 2.02. The van der Waals surface area contributed by atoms with Crippen LogP contribution in [0.5, 0.6) is 0 Å². The van der Waals surface area contributed by atoms with Crippen LogP contribution in [0.2, 0.25) is 0 Å². The standard InChI is InChI=1S/C15H12BrFN4/c16-14-7-12(17)2-1-11(14)8-19-13-3-4-15(20-9-13)21-6-5-18-10-21/h1-7,9-10,19H,8H2.